The third-order valence-corrected chi connectivity index (χ3v) is 3.06. The fourth-order valence-electron chi connectivity index (χ4n) is 1.97. The zero-order valence-electron chi connectivity index (χ0n) is 11.6. The lowest BCUT2D eigenvalue weighted by atomic mass is 10.1. The van der Waals surface area contributed by atoms with Crippen molar-refractivity contribution >= 4 is 17.4 Å². The molecule has 0 saturated heterocycles. The van der Waals surface area contributed by atoms with Crippen molar-refractivity contribution in [3.8, 4) is 0 Å². The van der Waals surface area contributed by atoms with Crippen LogP contribution in [0, 0.1) is 6.92 Å². The van der Waals surface area contributed by atoms with Crippen LogP contribution in [-0.4, -0.2) is 17.4 Å². The zero-order chi connectivity index (χ0) is 14.5. The highest BCUT2D eigenvalue weighted by molar-refractivity contribution is 6.06. The number of carbonyl (C=O) groups excluding carboxylic acids is 1. The summed E-state index contributed by atoms with van der Waals surface area (Å²) >= 11 is 0. The summed E-state index contributed by atoms with van der Waals surface area (Å²) in [6.07, 6.45) is 1.56. The van der Waals surface area contributed by atoms with Crippen LogP contribution in [0.25, 0.3) is 0 Å². The van der Waals surface area contributed by atoms with E-state index in [1.54, 1.807) is 23.2 Å². The first-order valence-corrected chi connectivity index (χ1v) is 6.47. The molecule has 1 heterocycles. The Morgan fingerprint density at radius 1 is 1.30 bits per heavy atom. The molecule has 0 aliphatic heterocycles. The molecule has 3 N–H and O–H groups in total. The molecule has 0 spiro atoms. The molecule has 0 saturated carbocycles. The summed E-state index contributed by atoms with van der Waals surface area (Å²) in [6, 6.07) is 11.2. The number of hydrazine groups is 1. The standard InChI is InChI=1S/C15H18N4O/c1-3-19(13-6-4-11(2)5-7-13)15(20)12-8-9-17-14(10-12)18-16/h4-10H,3,16H2,1-2H3,(H,17,18). The molecule has 2 aromatic rings. The van der Waals surface area contributed by atoms with Crippen molar-refractivity contribution in [3.05, 3.63) is 53.7 Å². The van der Waals surface area contributed by atoms with E-state index in [-0.39, 0.29) is 5.91 Å². The van der Waals surface area contributed by atoms with Crippen molar-refractivity contribution < 1.29 is 4.79 Å². The summed E-state index contributed by atoms with van der Waals surface area (Å²) in [5.74, 6) is 5.71. The minimum atomic E-state index is -0.0738. The van der Waals surface area contributed by atoms with E-state index in [0.717, 1.165) is 11.3 Å². The van der Waals surface area contributed by atoms with Crippen molar-refractivity contribution in [1.29, 1.82) is 0 Å². The summed E-state index contributed by atoms with van der Waals surface area (Å²) in [7, 11) is 0. The molecule has 2 rings (SSSR count). The monoisotopic (exact) mass is 270 g/mol. The third kappa shape index (κ3) is 2.95. The predicted octanol–water partition coefficient (Wildman–Crippen LogP) is 2.34. The predicted molar refractivity (Wildman–Crippen MR) is 80.6 cm³/mol. The molecule has 1 aromatic carbocycles. The maximum absolute atomic E-state index is 12.6. The van der Waals surface area contributed by atoms with Gasteiger partial charge in [-0.15, -0.1) is 0 Å². The van der Waals surface area contributed by atoms with Gasteiger partial charge in [-0.05, 0) is 38.1 Å². The fraction of sp³-hybridized carbons (Fsp3) is 0.200. The van der Waals surface area contributed by atoms with Crippen molar-refractivity contribution in [2.75, 3.05) is 16.9 Å². The summed E-state index contributed by atoms with van der Waals surface area (Å²) in [5, 5.41) is 0. The van der Waals surface area contributed by atoms with Crippen LogP contribution in [0.15, 0.2) is 42.6 Å². The van der Waals surface area contributed by atoms with Gasteiger partial charge in [0.25, 0.3) is 5.91 Å². The lowest BCUT2D eigenvalue weighted by molar-refractivity contribution is 0.0988. The van der Waals surface area contributed by atoms with Gasteiger partial charge in [0.15, 0.2) is 0 Å². The number of amides is 1. The van der Waals surface area contributed by atoms with Crippen molar-refractivity contribution in [2.24, 2.45) is 5.84 Å². The summed E-state index contributed by atoms with van der Waals surface area (Å²) in [5.41, 5.74) is 5.04. The smallest absolute Gasteiger partial charge is 0.258 e. The topological polar surface area (TPSA) is 71.2 Å². The highest BCUT2D eigenvalue weighted by Gasteiger charge is 2.16. The lowest BCUT2D eigenvalue weighted by Gasteiger charge is -2.21. The first-order valence-electron chi connectivity index (χ1n) is 6.47. The number of nitrogen functional groups attached to an aromatic ring is 1. The van der Waals surface area contributed by atoms with Gasteiger partial charge in [-0.3, -0.25) is 4.79 Å². The van der Waals surface area contributed by atoms with Crippen LogP contribution in [0.1, 0.15) is 22.8 Å². The van der Waals surface area contributed by atoms with E-state index in [4.69, 9.17) is 5.84 Å². The number of aryl methyl sites for hydroxylation is 1. The first-order chi connectivity index (χ1) is 9.65. The van der Waals surface area contributed by atoms with Crippen LogP contribution in [0.5, 0.6) is 0 Å². The van der Waals surface area contributed by atoms with E-state index in [1.807, 2.05) is 38.1 Å². The molecular weight excluding hydrogens is 252 g/mol. The van der Waals surface area contributed by atoms with Crippen molar-refractivity contribution in [2.45, 2.75) is 13.8 Å². The number of nitrogens with two attached hydrogens (primary N) is 1. The maximum atomic E-state index is 12.6. The van der Waals surface area contributed by atoms with Crippen LogP contribution in [0.2, 0.25) is 0 Å². The molecule has 0 fully saturated rings. The molecule has 1 amide bonds. The Bertz CT molecular complexity index is 595. The fourth-order valence-corrected chi connectivity index (χ4v) is 1.97. The van der Waals surface area contributed by atoms with Gasteiger partial charge in [0.2, 0.25) is 0 Å². The van der Waals surface area contributed by atoms with Gasteiger partial charge in [-0.1, -0.05) is 17.7 Å². The number of anilines is 2. The SMILES string of the molecule is CCN(C(=O)c1ccnc(NN)c1)c1ccc(C)cc1. The largest absolute Gasteiger partial charge is 0.309 e. The Morgan fingerprint density at radius 3 is 2.60 bits per heavy atom. The van der Waals surface area contributed by atoms with E-state index in [9.17, 15) is 4.79 Å². The molecule has 0 bridgehead atoms. The van der Waals surface area contributed by atoms with Gasteiger partial charge in [0.1, 0.15) is 5.82 Å². The maximum Gasteiger partial charge on any atom is 0.258 e. The first kappa shape index (κ1) is 14.0. The number of hydrogen-bond donors (Lipinski definition) is 2. The molecule has 0 aliphatic rings. The van der Waals surface area contributed by atoms with Gasteiger partial charge in [0.05, 0.1) is 0 Å². The van der Waals surface area contributed by atoms with Gasteiger partial charge in [-0.2, -0.15) is 0 Å². The second-order valence-corrected chi connectivity index (χ2v) is 4.46. The van der Waals surface area contributed by atoms with Gasteiger partial charge in [-0.25, -0.2) is 10.8 Å². The second kappa shape index (κ2) is 6.16. The summed E-state index contributed by atoms with van der Waals surface area (Å²) in [4.78, 5) is 18.3. The number of rotatable bonds is 4. The Hall–Kier alpha value is -2.40. The normalized spacial score (nSPS) is 10.2. The number of aromatic nitrogens is 1. The summed E-state index contributed by atoms with van der Waals surface area (Å²) in [6.45, 7) is 4.56. The molecule has 0 atom stereocenters. The van der Waals surface area contributed by atoms with E-state index < -0.39 is 0 Å². The van der Waals surface area contributed by atoms with Crippen LogP contribution in [0.3, 0.4) is 0 Å². The summed E-state index contributed by atoms with van der Waals surface area (Å²) < 4.78 is 0. The lowest BCUT2D eigenvalue weighted by Crippen LogP contribution is -2.30. The molecule has 0 aliphatic carbocycles. The number of benzene rings is 1. The minimum absolute atomic E-state index is 0.0738. The molecule has 104 valence electrons. The molecule has 20 heavy (non-hydrogen) atoms. The molecule has 5 heteroatoms. The molecule has 5 nitrogen and oxygen atoms in total. The quantitative estimate of drug-likeness (QED) is 0.661. The average Bonchev–Trinajstić information content (AvgIpc) is 2.50. The second-order valence-electron chi connectivity index (χ2n) is 4.46. The number of nitrogens with one attached hydrogen (secondary N) is 1. The van der Waals surface area contributed by atoms with Crippen LogP contribution in [-0.2, 0) is 0 Å². The van der Waals surface area contributed by atoms with E-state index in [1.165, 1.54) is 0 Å². The molecule has 1 aromatic heterocycles. The highest BCUT2D eigenvalue weighted by atomic mass is 16.2. The van der Waals surface area contributed by atoms with Crippen molar-refractivity contribution in [3.63, 3.8) is 0 Å². The van der Waals surface area contributed by atoms with Crippen molar-refractivity contribution in [1.82, 2.24) is 4.98 Å². The van der Waals surface area contributed by atoms with E-state index >= 15 is 0 Å². The minimum Gasteiger partial charge on any atom is -0.309 e. The number of nitrogens with zero attached hydrogens (tertiary/aromatic N) is 2. The molecule has 0 radical (unpaired) electrons. The Morgan fingerprint density at radius 2 is 2.00 bits per heavy atom. The van der Waals surface area contributed by atoms with Crippen LogP contribution in [0.4, 0.5) is 11.5 Å². The van der Waals surface area contributed by atoms with Gasteiger partial charge in [0, 0.05) is 24.0 Å². The number of carbonyl (C=O) groups is 1. The average molecular weight is 270 g/mol. The van der Waals surface area contributed by atoms with Crippen LogP contribution >= 0.6 is 0 Å². The van der Waals surface area contributed by atoms with E-state index in [0.29, 0.717) is 17.9 Å². The van der Waals surface area contributed by atoms with Crippen LogP contribution < -0.4 is 16.2 Å². The third-order valence-electron chi connectivity index (χ3n) is 3.06. The van der Waals surface area contributed by atoms with E-state index in [2.05, 4.69) is 10.4 Å². The van der Waals surface area contributed by atoms with Gasteiger partial charge >= 0.3 is 0 Å². The zero-order valence-corrected chi connectivity index (χ0v) is 11.6. The molecule has 0 unspecified atom stereocenters. The number of hydrogen-bond acceptors (Lipinski definition) is 4. The van der Waals surface area contributed by atoms with Gasteiger partial charge < -0.3 is 10.3 Å². The Labute approximate surface area is 118 Å². The number of pyridine rings is 1. The highest BCUT2D eigenvalue weighted by Crippen LogP contribution is 2.18. The molecular formula is C15H18N4O. The Kier molecular flexibility index (Phi) is 4.32. The Balaban J connectivity index is 2.31.